The van der Waals surface area contributed by atoms with Crippen LogP contribution in [0.15, 0.2) is 48.5 Å². The van der Waals surface area contributed by atoms with E-state index in [1.165, 1.54) is 11.3 Å². The lowest BCUT2D eigenvalue weighted by Gasteiger charge is -2.15. The van der Waals surface area contributed by atoms with Crippen molar-refractivity contribution in [2.45, 2.75) is 25.9 Å². The predicted octanol–water partition coefficient (Wildman–Crippen LogP) is 5.42. The number of ether oxygens (including phenoxy) is 1. The van der Waals surface area contributed by atoms with Gasteiger partial charge in [-0.2, -0.15) is 0 Å². The smallest absolute Gasteiger partial charge is 0.344 e. The molecule has 0 bridgehead atoms. The van der Waals surface area contributed by atoms with Gasteiger partial charge in [0.25, 0.3) is 0 Å². The Morgan fingerprint density at radius 3 is 2.50 bits per heavy atom. The number of carboxylic acids is 1. The highest BCUT2D eigenvalue weighted by molar-refractivity contribution is 7.21. The van der Waals surface area contributed by atoms with Gasteiger partial charge in [-0.05, 0) is 42.8 Å². The number of halogens is 1. The summed E-state index contributed by atoms with van der Waals surface area (Å²) in [5.74, 6) is -0.906. The lowest BCUT2D eigenvalue weighted by Crippen LogP contribution is -2.27. The summed E-state index contributed by atoms with van der Waals surface area (Å²) in [7, 11) is 0. The molecule has 1 N–H and O–H groups in total. The van der Waals surface area contributed by atoms with Gasteiger partial charge in [0.05, 0.1) is 0 Å². The molecule has 2 aromatic carbocycles. The predicted molar refractivity (Wildman–Crippen MR) is 104 cm³/mol. The van der Waals surface area contributed by atoms with Crippen LogP contribution in [0.1, 0.15) is 35.0 Å². The van der Waals surface area contributed by atoms with Crippen molar-refractivity contribution in [3.8, 4) is 5.75 Å². The zero-order chi connectivity index (χ0) is 18.7. The molecule has 1 atom stereocenters. The minimum Gasteiger partial charge on any atom is -0.479 e. The molecule has 0 aliphatic heterocycles. The van der Waals surface area contributed by atoms with Crippen molar-refractivity contribution in [1.82, 2.24) is 0 Å². The quantitative estimate of drug-likeness (QED) is 0.549. The zero-order valence-electron chi connectivity index (χ0n) is 14.1. The van der Waals surface area contributed by atoms with E-state index >= 15 is 0 Å². The first-order valence-corrected chi connectivity index (χ1v) is 9.42. The summed E-state index contributed by atoms with van der Waals surface area (Å²) in [5.41, 5.74) is 0.480. The average Bonchev–Trinajstić information content (AvgIpc) is 3.00. The van der Waals surface area contributed by atoms with Gasteiger partial charge in [0.15, 0.2) is 6.10 Å². The molecular weight excluding hydrogens is 372 g/mol. The molecule has 1 unspecified atom stereocenters. The number of thiophene rings is 1. The number of rotatable bonds is 7. The second kappa shape index (κ2) is 7.89. The SMILES string of the molecule is CCCC(Oc1c(C(=O)c2ccc(Cl)cc2)sc2ccccc12)C(=O)O. The van der Waals surface area contributed by atoms with Crippen LogP contribution in [0.2, 0.25) is 5.02 Å². The fourth-order valence-corrected chi connectivity index (χ4v) is 3.88. The Labute approximate surface area is 160 Å². The summed E-state index contributed by atoms with van der Waals surface area (Å²) >= 11 is 7.20. The van der Waals surface area contributed by atoms with Crippen LogP contribution in [-0.2, 0) is 4.79 Å². The van der Waals surface area contributed by atoms with E-state index < -0.39 is 12.1 Å². The van der Waals surface area contributed by atoms with E-state index in [4.69, 9.17) is 16.3 Å². The van der Waals surface area contributed by atoms with Gasteiger partial charge in [-0.25, -0.2) is 4.79 Å². The van der Waals surface area contributed by atoms with E-state index in [0.717, 1.165) is 10.1 Å². The van der Waals surface area contributed by atoms with Gasteiger partial charge in [0.1, 0.15) is 10.6 Å². The minimum absolute atomic E-state index is 0.210. The summed E-state index contributed by atoms with van der Waals surface area (Å²) in [6, 6.07) is 14.1. The van der Waals surface area contributed by atoms with Crippen molar-refractivity contribution in [3.63, 3.8) is 0 Å². The van der Waals surface area contributed by atoms with Crippen LogP contribution in [0.4, 0.5) is 0 Å². The van der Waals surface area contributed by atoms with Crippen LogP contribution in [0.25, 0.3) is 10.1 Å². The van der Waals surface area contributed by atoms with Crippen LogP contribution in [0.3, 0.4) is 0 Å². The van der Waals surface area contributed by atoms with Crippen molar-refractivity contribution in [2.24, 2.45) is 0 Å². The van der Waals surface area contributed by atoms with Gasteiger partial charge in [0, 0.05) is 20.7 Å². The minimum atomic E-state index is -1.04. The van der Waals surface area contributed by atoms with E-state index in [1.807, 2.05) is 31.2 Å². The number of fused-ring (bicyclic) bond motifs is 1. The first-order chi connectivity index (χ1) is 12.5. The van der Waals surface area contributed by atoms with Crippen LogP contribution >= 0.6 is 22.9 Å². The molecule has 0 radical (unpaired) electrons. The number of hydrogen-bond donors (Lipinski definition) is 1. The maximum atomic E-state index is 13.0. The summed E-state index contributed by atoms with van der Waals surface area (Å²) in [4.78, 5) is 24.9. The molecular formula is C20H17ClO4S. The van der Waals surface area contributed by atoms with E-state index in [0.29, 0.717) is 34.1 Å². The Bertz CT molecular complexity index is 946. The van der Waals surface area contributed by atoms with Gasteiger partial charge in [-0.1, -0.05) is 37.1 Å². The van der Waals surface area contributed by atoms with Crippen molar-refractivity contribution < 1.29 is 19.4 Å². The normalized spacial score (nSPS) is 12.1. The monoisotopic (exact) mass is 388 g/mol. The van der Waals surface area contributed by atoms with Gasteiger partial charge in [-0.15, -0.1) is 11.3 Å². The summed E-state index contributed by atoms with van der Waals surface area (Å²) in [5, 5.41) is 10.7. The fourth-order valence-electron chi connectivity index (χ4n) is 2.66. The average molecular weight is 389 g/mol. The molecule has 26 heavy (non-hydrogen) atoms. The second-order valence-corrected chi connectivity index (χ2v) is 7.31. The maximum absolute atomic E-state index is 13.0. The highest BCUT2D eigenvalue weighted by atomic mass is 35.5. The number of benzene rings is 2. The Kier molecular flexibility index (Phi) is 5.59. The Morgan fingerprint density at radius 1 is 1.15 bits per heavy atom. The van der Waals surface area contributed by atoms with Crippen LogP contribution < -0.4 is 4.74 Å². The third-order valence-corrected chi connectivity index (χ3v) is 5.35. The number of hydrogen-bond acceptors (Lipinski definition) is 4. The topological polar surface area (TPSA) is 63.6 Å². The highest BCUT2D eigenvalue weighted by Gasteiger charge is 2.26. The Balaban J connectivity index is 2.08. The van der Waals surface area contributed by atoms with Crippen LogP contribution in [0.5, 0.6) is 5.75 Å². The number of carbonyl (C=O) groups excluding carboxylic acids is 1. The van der Waals surface area contributed by atoms with Gasteiger partial charge in [-0.3, -0.25) is 4.79 Å². The van der Waals surface area contributed by atoms with E-state index in [-0.39, 0.29) is 5.78 Å². The lowest BCUT2D eigenvalue weighted by atomic mass is 10.1. The molecule has 3 aromatic rings. The van der Waals surface area contributed by atoms with Crippen LogP contribution in [0, 0.1) is 0 Å². The van der Waals surface area contributed by atoms with Crippen molar-refractivity contribution in [2.75, 3.05) is 0 Å². The van der Waals surface area contributed by atoms with Gasteiger partial charge >= 0.3 is 5.97 Å². The third-order valence-electron chi connectivity index (χ3n) is 3.95. The molecule has 1 aromatic heterocycles. The molecule has 0 saturated heterocycles. The summed E-state index contributed by atoms with van der Waals surface area (Å²) < 4.78 is 6.71. The molecule has 1 heterocycles. The Morgan fingerprint density at radius 2 is 1.85 bits per heavy atom. The molecule has 0 amide bonds. The van der Waals surface area contributed by atoms with Crippen LogP contribution in [-0.4, -0.2) is 23.0 Å². The Hall–Kier alpha value is -2.37. The van der Waals surface area contributed by atoms with Crippen molar-refractivity contribution in [3.05, 3.63) is 64.0 Å². The highest BCUT2D eigenvalue weighted by Crippen LogP contribution is 2.40. The first kappa shape index (κ1) is 18.4. The largest absolute Gasteiger partial charge is 0.479 e. The van der Waals surface area contributed by atoms with E-state index in [1.54, 1.807) is 24.3 Å². The molecule has 134 valence electrons. The number of carboxylic acid groups (broad SMARTS) is 1. The van der Waals surface area contributed by atoms with Gasteiger partial charge in [0.2, 0.25) is 5.78 Å². The number of carbonyl (C=O) groups is 2. The molecule has 0 fully saturated rings. The molecule has 0 aliphatic carbocycles. The second-order valence-electron chi connectivity index (χ2n) is 5.83. The maximum Gasteiger partial charge on any atom is 0.344 e. The first-order valence-electron chi connectivity index (χ1n) is 8.22. The fraction of sp³-hybridized carbons (Fsp3) is 0.200. The third kappa shape index (κ3) is 3.74. The molecule has 0 aliphatic rings. The van der Waals surface area contributed by atoms with E-state index in [2.05, 4.69) is 0 Å². The molecule has 6 heteroatoms. The molecule has 4 nitrogen and oxygen atoms in total. The summed E-state index contributed by atoms with van der Waals surface area (Å²) in [6.45, 7) is 1.89. The molecule has 0 saturated carbocycles. The van der Waals surface area contributed by atoms with Gasteiger partial charge < -0.3 is 9.84 Å². The number of aliphatic carboxylic acids is 1. The standard InChI is InChI=1S/C20H17ClO4S/c1-2-5-15(20(23)24)25-18-14-6-3-4-7-16(14)26-19(18)17(22)12-8-10-13(21)11-9-12/h3-4,6-11,15H,2,5H2,1H3,(H,23,24). The molecule has 0 spiro atoms. The summed E-state index contributed by atoms with van der Waals surface area (Å²) in [6.07, 6.45) is 0.0444. The lowest BCUT2D eigenvalue weighted by molar-refractivity contribution is -0.145. The number of ketones is 1. The van der Waals surface area contributed by atoms with Crippen molar-refractivity contribution >= 4 is 44.8 Å². The molecule has 3 rings (SSSR count). The van der Waals surface area contributed by atoms with Crippen molar-refractivity contribution in [1.29, 1.82) is 0 Å². The zero-order valence-corrected chi connectivity index (χ0v) is 15.6. The van der Waals surface area contributed by atoms with E-state index in [9.17, 15) is 14.7 Å².